The number of anilines is 2. The molecule has 0 spiro atoms. The van der Waals surface area contributed by atoms with Crippen LogP contribution in [0.15, 0.2) is 42.5 Å². The van der Waals surface area contributed by atoms with Gasteiger partial charge >= 0.3 is 0 Å². The molecule has 1 aromatic heterocycles. The van der Waals surface area contributed by atoms with E-state index in [9.17, 15) is 0 Å². The zero-order valence-corrected chi connectivity index (χ0v) is 18.1. The number of aromatic nitrogens is 2. The van der Waals surface area contributed by atoms with Crippen molar-refractivity contribution in [2.24, 2.45) is 0 Å². The Labute approximate surface area is 183 Å². The van der Waals surface area contributed by atoms with Crippen LogP contribution in [0.1, 0.15) is 44.1 Å². The summed E-state index contributed by atoms with van der Waals surface area (Å²) < 4.78 is 11.8. The smallest absolute Gasteiger partial charge is 0.227 e. The molecule has 31 heavy (non-hydrogen) atoms. The van der Waals surface area contributed by atoms with E-state index in [1.54, 1.807) is 7.11 Å². The largest absolute Gasteiger partial charge is 0.493 e. The fourth-order valence-corrected chi connectivity index (χ4v) is 4.56. The Morgan fingerprint density at radius 3 is 2.48 bits per heavy atom. The van der Waals surface area contributed by atoms with E-state index in [4.69, 9.17) is 19.4 Å². The molecule has 0 amide bonds. The highest BCUT2D eigenvalue weighted by atomic mass is 16.5. The molecule has 2 aliphatic rings. The number of ether oxygens (including phenoxy) is 2. The van der Waals surface area contributed by atoms with E-state index in [1.165, 1.54) is 38.5 Å². The molecule has 1 N–H and O–H groups in total. The van der Waals surface area contributed by atoms with E-state index in [1.807, 2.05) is 30.3 Å². The van der Waals surface area contributed by atoms with Crippen molar-refractivity contribution in [3.05, 3.63) is 48.0 Å². The van der Waals surface area contributed by atoms with E-state index >= 15 is 0 Å². The van der Waals surface area contributed by atoms with Gasteiger partial charge in [0.1, 0.15) is 12.4 Å². The van der Waals surface area contributed by atoms with Gasteiger partial charge in [0.15, 0.2) is 11.5 Å². The van der Waals surface area contributed by atoms with E-state index < -0.39 is 0 Å². The standard InChI is InChI=1S/C25H30N4O2/c1-30-22-15-20-21(16-23(22)31-17-18-9-3-2-4-10-18)27-25(29-13-7-8-14-29)28-24(20)26-19-11-5-6-12-19/h2-4,9-10,15-16,19H,5-8,11-14,17H2,1H3,(H,26,27,28). The van der Waals surface area contributed by atoms with Gasteiger partial charge in [0.25, 0.3) is 0 Å². The lowest BCUT2D eigenvalue weighted by Gasteiger charge is -2.21. The third-order valence-electron chi connectivity index (χ3n) is 6.29. The Bertz CT molecular complexity index is 1030. The highest BCUT2D eigenvalue weighted by molar-refractivity contribution is 5.93. The van der Waals surface area contributed by atoms with Gasteiger partial charge in [-0.05, 0) is 37.3 Å². The van der Waals surface area contributed by atoms with Crippen LogP contribution in [0, 0.1) is 0 Å². The van der Waals surface area contributed by atoms with Crippen molar-refractivity contribution >= 4 is 22.7 Å². The van der Waals surface area contributed by atoms with Crippen molar-refractivity contribution in [3.8, 4) is 11.5 Å². The first kappa shape index (κ1) is 19.9. The highest BCUT2D eigenvalue weighted by Gasteiger charge is 2.22. The van der Waals surface area contributed by atoms with Crippen LogP contribution in [0.2, 0.25) is 0 Å². The minimum atomic E-state index is 0.476. The number of hydrogen-bond donors (Lipinski definition) is 1. The van der Waals surface area contributed by atoms with Crippen LogP contribution < -0.4 is 19.7 Å². The van der Waals surface area contributed by atoms with Crippen LogP contribution in [0.5, 0.6) is 11.5 Å². The molecule has 6 nitrogen and oxygen atoms in total. The van der Waals surface area contributed by atoms with Crippen LogP contribution in [0.4, 0.5) is 11.8 Å². The molecule has 0 atom stereocenters. The summed E-state index contributed by atoms with van der Waals surface area (Å²) >= 11 is 0. The first-order chi connectivity index (χ1) is 15.3. The third kappa shape index (κ3) is 4.38. The molecular formula is C25H30N4O2. The number of nitrogens with zero attached hydrogens (tertiary/aromatic N) is 3. The van der Waals surface area contributed by atoms with Crippen LogP contribution in [-0.2, 0) is 6.61 Å². The molecule has 1 aliphatic heterocycles. The normalized spacial score (nSPS) is 16.7. The molecule has 1 saturated carbocycles. The van der Waals surface area contributed by atoms with Gasteiger partial charge in [0, 0.05) is 30.6 Å². The van der Waals surface area contributed by atoms with Crippen molar-refractivity contribution in [3.63, 3.8) is 0 Å². The average molecular weight is 419 g/mol. The number of methoxy groups -OCH3 is 1. The second-order valence-corrected chi connectivity index (χ2v) is 8.49. The molecule has 0 unspecified atom stereocenters. The Kier molecular flexibility index (Phi) is 5.78. The van der Waals surface area contributed by atoms with Gasteiger partial charge < -0.3 is 19.7 Å². The SMILES string of the molecule is COc1cc2c(NC3CCCC3)nc(N3CCCC3)nc2cc1OCc1ccccc1. The summed E-state index contributed by atoms with van der Waals surface area (Å²) in [6, 6.07) is 14.7. The number of hydrogen-bond acceptors (Lipinski definition) is 6. The van der Waals surface area contributed by atoms with Gasteiger partial charge in [-0.1, -0.05) is 43.2 Å². The fraction of sp³-hybridized carbons (Fsp3) is 0.440. The summed E-state index contributed by atoms with van der Waals surface area (Å²) in [5, 5.41) is 4.69. The Balaban J connectivity index is 1.52. The first-order valence-corrected chi connectivity index (χ1v) is 11.4. The minimum absolute atomic E-state index is 0.476. The lowest BCUT2D eigenvalue weighted by molar-refractivity contribution is 0.285. The van der Waals surface area contributed by atoms with E-state index in [-0.39, 0.29) is 0 Å². The molecule has 2 heterocycles. The summed E-state index contributed by atoms with van der Waals surface area (Å²) in [5.74, 6) is 3.13. The quantitative estimate of drug-likeness (QED) is 0.571. The van der Waals surface area contributed by atoms with Crippen molar-refractivity contribution in [1.29, 1.82) is 0 Å². The third-order valence-corrected chi connectivity index (χ3v) is 6.29. The average Bonchev–Trinajstić information content (AvgIpc) is 3.52. The zero-order valence-electron chi connectivity index (χ0n) is 18.1. The first-order valence-electron chi connectivity index (χ1n) is 11.4. The Morgan fingerprint density at radius 1 is 0.968 bits per heavy atom. The van der Waals surface area contributed by atoms with Crippen molar-refractivity contribution < 1.29 is 9.47 Å². The maximum absolute atomic E-state index is 6.14. The van der Waals surface area contributed by atoms with Crippen molar-refractivity contribution in [2.45, 2.75) is 51.2 Å². The molecule has 0 bridgehead atoms. The molecule has 2 fully saturated rings. The fourth-order valence-electron chi connectivity index (χ4n) is 4.56. The molecular weight excluding hydrogens is 388 g/mol. The van der Waals surface area contributed by atoms with Crippen LogP contribution in [-0.4, -0.2) is 36.2 Å². The molecule has 2 aromatic carbocycles. The molecule has 5 rings (SSSR count). The van der Waals surface area contributed by atoms with Gasteiger partial charge in [-0.3, -0.25) is 0 Å². The van der Waals surface area contributed by atoms with Gasteiger partial charge in [-0.25, -0.2) is 4.98 Å². The van der Waals surface area contributed by atoms with Gasteiger partial charge in [0.05, 0.1) is 12.6 Å². The predicted molar refractivity (Wildman–Crippen MR) is 124 cm³/mol. The summed E-state index contributed by atoms with van der Waals surface area (Å²) in [7, 11) is 1.68. The topological polar surface area (TPSA) is 59.5 Å². The summed E-state index contributed by atoms with van der Waals surface area (Å²) in [4.78, 5) is 12.2. The van der Waals surface area contributed by atoms with Gasteiger partial charge in [-0.2, -0.15) is 4.98 Å². The molecule has 0 radical (unpaired) electrons. The minimum Gasteiger partial charge on any atom is -0.493 e. The van der Waals surface area contributed by atoms with E-state index in [0.29, 0.717) is 24.1 Å². The number of rotatable bonds is 7. The number of benzene rings is 2. The molecule has 162 valence electrons. The van der Waals surface area contributed by atoms with Gasteiger partial charge in [-0.15, -0.1) is 0 Å². The van der Waals surface area contributed by atoms with Crippen LogP contribution >= 0.6 is 0 Å². The van der Waals surface area contributed by atoms with Crippen LogP contribution in [0.3, 0.4) is 0 Å². The van der Waals surface area contributed by atoms with Gasteiger partial charge in [0.2, 0.25) is 5.95 Å². The number of nitrogens with one attached hydrogen (secondary N) is 1. The predicted octanol–water partition coefficient (Wildman–Crippen LogP) is 5.17. The Hall–Kier alpha value is -3.02. The van der Waals surface area contributed by atoms with Crippen molar-refractivity contribution in [2.75, 3.05) is 30.4 Å². The maximum atomic E-state index is 6.14. The monoisotopic (exact) mass is 418 g/mol. The summed E-state index contributed by atoms with van der Waals surface area (Å²) in [6.45, 7) is 2.52. The highest BCUT2D eigenvalue weighted by Crippen LogP contribution is 2.37. The maximum Gasteiger partial charge on any atom is 0.227 e. The van der Waals surface area contributed by atoms with Crippen LogP contribution in [0.25, 0.3) is 10.9 Å². The van der Waals surface area contributed by atoms with E-state index in [2.05, 4.69) is 22.3 Å². The second kappa shape index (κ2) is 9.00. The lowest BCUT2D eigenvalue weighted by atomic mass is 10.1. The molecule has 3 aromatic rings. The molecule has 1 saturated heterocycles. The summed E-state index contributed by atoms with van der Waals surface area (Å²) in [5.41, 5.74) is 2.01. The zero-order chi connectivity index (χ0) is 21.0. The lowest BCUT2D eigenvalue weighted by Crippen LogP contribution is -2.22. The summed E-state index contributed by atoms with van der Waals surface area (Å²) in [6.07, 6.45) is 7.34. The van der Waals surface area contributed by atoms with Crippen molar-refractivity contribution in [1.82, 2.24) is 9.97 Å². The van der Waals surface area contributed by atoms with E-state index in [0.717, 1.165) is 41.3 Å². The Morgan fingerprint density at radius 2 is 1.74 bits per heavy atom. The number of fused-ring (bicyclic) bond motifs is 1. The molecule has 6 heteroatoms. The molecule has 1 aliphatic carbocycles. The second-order valence-electron chi connectivity index (χ2n) is 8.49.